The molecule has 1 aliphatic rings. The number of nitrogens with zero attached hydrogens (tertiary/aromatic N) is 1. The lowest BCUT2D eigenvalue weighted by molar-refractivity contribution is -0.562. The van der Waals surface area contributed by atoms with Gasteiger partial charge in [0.15, 0.2) is 0 Å². The van der Waals surface area contributed by atoms with E-state index in [9.17, 15) is 14.9 Å². The van der Waals surface area contributed by atoms with Crippen LogP contribution >= 0.6 is 0 Å². The van der Waals surface area contributed by atoms with Crippen molar-refractivity contribution in [1.82, 2.24) is 0 Å². The van der Waals surface area contributed by atoms with Crippen molar-refractivity contribution in [2.45, 2.75) is 25.8 Å². The van der Waals surface area contributed by atoms with E-state index in [0.29, 0.717) is 0 Å². The molecular formula is C8H11NO4. The van der Waals surface area contributed by atoms with Gasteiger partial charge in [0.1, 0.15) is 0 Å². The smallest absolute Gasteiger partial charge is 0.317 e. The van der Waals surface area contributed by atoms with Crippen LogP contribution in [0.2, 0.25) is 0 Å². The summed E-state index contributed by atoms with van der Waals surface area (Å²) in [7, 11) is 0. The third kappa shape index (κ3) is 2.05. The molecule has 1 atom stereocenters. The van der Waals surface area contributed by atoms with E-state index in [4.69, 9.17) is 0 Å². The Morgan fingerprint density at radius 1 is 1.69 bits per heavy atom. The van der Waals surface area contributed by atoms with Crippen LogP contribution in [0.1, 0.15) is 20.3 Å². The maximum atomic E-state index is 11.0. The van der Waals surface area contributed by atoms with Crippen LogP contribution in [0.3, 0.4) is 0 Å². The molecule has 0 bridgehead atoms. The Morgan fingerprint density at radius 2 is 2.31 bits per heavy atom. The number of rotatable bonds is 3. The van der Waals surface area contributed by atoms with E-state index in [1.54, 1.807) is 6.08 Å². The lowest BCUT2D eigenvalue weighted by Crippen LogP contribution is -2.34. The summed E-state index contributed by atoms with van der Waals surface area (Å²) >= 11 is 0. The molecule has 13 heavy (non-hydrogen) atoms. The van der Waals surface area contributed by atoms with Gasteiger partial charge in [-0.2, -0.15) is 0 Å². The molecule has 0 aliphatic carbocycles. The molecule has 0 saturated heterocycles. The first-order chi connectivity index (χ1) is 5.93. The van der Waals surface area contributed by atoms with Crippen LogP contribution in [0.4, 0.5) is 0 Å². The van der Waals surface area contributed by atoms with Crippen molar-refractivity contribution >= 4 is 5.97 Å². The van der Waals surface area contributed by atoms with E-state index in [2.05, 4.69) is 4.74 Å². The number of hydrogen-bond acceptors (Lipinski definition) is 4. The molecule has 72 valence electrons. The summed E-state index contributed by atoms with van der Waals surface area (Å²) in [5.74, 6) is -0.879. The Bertz CT molecular complexity index is 269. The predicted molar refractivity (Wildman–Crippen MR) is 44.4 cm³/mol. The second-order valence-electron chi connectivity index (χ2n) is 3.65. The van der Waals surface area contributed by atoms with Gasteiger partial charge >= 0.3 is 5.97 Å². The van der Waals surface area contributed by atoms with E-state index in [1.807, 2.05) is 0 Å². The first-order valence-corrected chi connectivity index (χ1v) is 3.95. The molecular weight excluding hydrogens is 174 g/mol. The standard InChI is InChI=1S/C8H11NO4/c1-8(2,9(11)12)5-6-3-4-13-7(6)10/h3-4,6H,5H2,1-2H3. The highest BCUT2D eigenvalue weighted by Crippen LogP contribution is 2.24. The van der Waals surface area contributed by atoms with Crippen molar-refractivity contribution in [3.05, 3.63) is 22.5 Å². The number of carbonyl (C=O) groups excluding carboxylic acids is 1. The maximum Gasteiger partial charge on any atom is 0.317 e. The van der Waals surface area contributed by atoms with Crippen LogP contribution in [0.15, 0.2) is 12.3 Å². The molecule has 0 spiro atoms. The molecule has 0 aromatic heterocycles. The Labute approximate surface area is 75.5 Å². The molecule has 5 heteroatoms. The van der Waals surface area contributed by atoms with Crippen LogP contribution in [-0.4, -0.2) is 16.4 Å². The SMILES string of the molecule is CC(C)(CC1C=COC1=O)[N+](=O)[O-]. The summed E-state index contributed by atoms with van der Waals surface area (Å²) in [6.45, 7) is 2.98. The molecule has 0 radical (unpaired) electrons. The lowest BCUT2D eigenvalue weighted by Gasteiger charge is -2.16. The summed E-state index contributed by atoms with van der Waals surface area (Å²) in [4.78, 5) is 21.1. The summed E-state index contributed by atoms with van der Waals surface area (Å²) in [6.07, 6.45) is 3.01. The Morgan fingerprint density at radius 3 is 2.69 bits per heavy atom. The van der Waals surface area contributed by atoms with Gasteiger partial charge in [0.05, 0.1) is 12.2 Å². The van der Waals surface area contributed by atoms with Gasteiger partial charge in [0.25, 0.3) is 0 Å². The highest BCUT2D eigenvalue weighted by molar-refractivity contribution is 5.77. The van der Waals surface area contributed by atoms with Crippen LogP contribution < -0.4 is 0 Å². The maximum absolute atomic E-state index is 11.0. The van der Waals surface area contributed by atoms with Crippen LogP contribution in [0.5, 0.6) is 0 Å². The topological polar surface area (TPSA) is 69.4 Å². The zero-order valence-electron chi connectivity index (χ0n) is 7.52. The highest BCUT2D eigenvalue weighted by Gasteiger charge is 2.37. The van der Waals surface area contributed by atoms with Gasteiger partial charge in [-0.15, -0.1) is 0 Å². The fraction of sp³-hybridized carbons (Fsp3) is 0.625. The first-order valence-electron chi connectivity index (χ1n) is 3.95. The Hall–Kier alpha value is -1.39. The predicted octanol–water partition coefficient (Wildman–Crippen LogP) is 1.12. The molecule has 5 nitrogen and oxygen atoms in total. The van der Waals surface area contributed by atoms with Gasteiger partial charge in [-0.3, -0.25) is 14.9 Å². The fourth-order valence-electron chi connectivity index (χ4n) is 1.13. The number of nitro groups is 1. The summed E-state index contributed by atoms with van der Waals surface area (Å²) < 4.78 is 4.55. The zero-order valence-corrected chi connectivity index (χ0v) is 7.52. The quantitative estimate of drug-likeness (QED) is 0.375. The van der Waals surface area contributed by atoms with Crippen LogP contribution in [0, 0.1) is 16.0 Å². The fourth-order valence-corrected chi connectivity index (χ4v) is 1.13. The highest BCUT2D eigenvalue weighted by atomic mass is 16.6. The van der Waals surface area contributed by atoms with Crippen molar-refractivity contribution in [2.24, 2.45) is 5.92 Å². The molecule has 1 aliphatic heterocycles. The van der Waals surface area contributed by atoms with E-state index in [-0.39, 0.29) is 11.3 Å². The van der Waals surface area contributed by atoms with Crippen molar-refractivity contribution in [3.63, 3.8) is 0 Å². The molecule has 0 fully saturated rings. The van der Waals surface area contributed by atoms with Gasteiger partial charge in [-0.1, -0.05) is 0 Å². The Kier molecular flexibility index (Phi) is 2.36. The minimum absolute atomic E-state index is 0.176. The van der Waals surface area contributed by atoms with Crippen molar-refractivity contribution in [1.29, 1.82) is 0 Å². The first kappa shape index (κ1) is 9.70. The third-order valence-corrected chi connectivity index (χ3v) is 2.01. The van der Waals surface area contributed by atoms with Crippen LogP contribution in [-0.2, 0) is 9.53 Å². The largest absolute Gasteiger partial charge is 0.434 e. The van der Waals surface area contributed by atoms with Gasteiger partial charge in [0.2, 0.25) is 5.54 Å². The number of cyclic esters (lactones) is 1. The second-order valence-corrected chi connectivity index (χ2v) is 3.65. The van der Waals surface area contributed by atoms with Crippen molar-refractivity contribution in [2.75, 3.05) is 0 Å². The molecule has 1 heterocycles. The van der Waals surface area contributed by atoms with Crippen molar-refractivity contribution < 1.29 is 14.5 Å². The van der Waals surface area contributed by atoms with E-state index >= 15 is 0 Å². The van der Waals surface area contributed by atoms with Crippen molar-refractivity contribution in [3.8, 4) is 0 Å². The van der Waals surface area contributed by atoms with Gasteiger partial charge in [0, 0.05) is 25.2 Å². The average molecular weight is 185 g/mol. The zero-order chi connectivity index (χ0) is 10.1. The molecule has 1 unspecified atom stereocenters. The summed E-state index contributed by atoms with van der Waals surface area (Å²) in [5, 5.41) is 10.5. The van der Waals surface area contributed by atoms with E-state index < -0.39 is 17.4 Å². The molecule has 0 N–H and O–H groups in total. The monoisotopic (exact) mass is 185 g/mol. The number of ether oxygens (including phenoxy) is 1. The molecule has 1 rings (SSSR count). The summed E-state index contributed by atoms with van der Waals surface area (Å²) in [6, 6.07) is 0. The molecule has 0 aromatic rings. The third-order valence-electron chi connectivity index (χ3n) is 2.01. The minimum atomic E-state index is -1.08. The van der Waals surface area contributed by atoms with E-state index in [1.165, 1.54) is 20.1 Å². The van der Waals surface area contributed by atoms with Gasteiger partial charge < -0.3 is 4.74 Å². The van der Waals surface area contributed by atoms with Gasteiger partial charge in [-0.05, 0) is 6.08 Å². The summed E-state index contributed by atoms with van der Waals surface area (Å²) in [5.41, 5.74) is -1.08. The van der Waals surface area contributed by atoms with E-state index in [0.717, 1.165) is 0 Å². The second kappa shape index (κ2) is 3.16. The molecule has 0 amide bonds. The molecule has 0 saturated carbocycles. The van der Waals surface area contributed by atoms with Crippen LogP contribution in [0.25, 0.3) is 0 Å². The lowest BCUT2D eigenvalue weighted by atomic mass is 9.92. The number of hydrogen-bond donors (Lipinski definition) is 0. The molecule has 0 aromatic carbocycles. The number of esters is 1. The average Bonchev–Trinajstić information content (AvgIpc) is 2.35. The minimum Gasteiger partial charge on any atom is -0.434 e. The Balaban J connectivity index is 2.62. The normalized spacial score (nSPS) is 21.7. The number of carbonyl (C=O) groups is 1. The van der Waals surface area contributed by atoms with Gasteiger partial charge in [-0.25, -0.2) is 0 Å².